The molecular formula is C12H15BrN2O3. The topological polar surface area (TPSA) is 92.4 Å². The fourth-order valence-corrected chi connectivity index (χ4v) is 1.89. The molecule has 0 saturated heterocycles. The largest absolute Gasteiger partial charge is 0.478 e. The van der Waals surface area contributed by atoms with Crippen LogP contribution >= 0.6 is 15.9 Å². The van der Waals surface area contributed by atoms with Crippen LogP contribution in [0.25, 0.3) is 0 Å². The van der Waals surface area contributed by atoms with Crippen LogP contribution in [0.3, 0.4) is 0 Å². The van der Waals surface area contributed by atoms with Crippen LogP contribution in [0, 0.1) is 5.92 Å². The maximum atomic E-state index is 11.6. The van der Waals surface area contributed by atoms with Crippen molar-refractivity contribution in [1.29, 1.82) is 0 Å². The Kier molecular flexibility index (Phi) is 5.30. The van der Waals surface area contributed by atoms with Gasteiger partial charge in [0.15, 0.2) is 0 Å². The molecule has 6 heteroatoms. The van der Waals surface area contributed by atoms with Crippen LogP contribution in [0.4, 0.5) is 5.69 Å². The van der Waals surface area contributed by atoms with E-state index >= 15 is 0 Å². The first kappa shape index (κ1) is 14.7. The first-order valence-corrected chi connectivity index (χ1v) is 6.25. The second-order valence-electron chi connectivity index (χ2n) is 4.13. The minimum atomic E-state index is -1.04. The van der Waals surface area contributed by atoms with Gasteiger partial charge in [0.2, 0.25) is 5.91 Å². The Morgan fingerprint density at radius 2 is 2.11 bits per heavy atom. The summed E-state index contributed by atoms with van der Waals surface area (Å²) in [5.41, 5.74) is 6.01. The van der Waals surface area contributed by atoms with Gasteiger partial charge in [0.05, 0.1) is 5.56 Å². The number of rotatable bonds is 5. The van der Waals surface area contributed by atoms with E-state index in [1.807, 2.05) is 6.92 Å². The number of carbonyl (C=O) groups excluding carboxylic acids is 1. The number of carbonyl (C=O) groups is 2. The summed E-state index contributed by atoms with van der Waals surface area (Å²) in [5.74, 6) is -1.12. The second kappa shape index (κ2) is 6.51. The number of nitrogens with one attached hydrogen (secondary N) is 1. The minimum absolute atomic E-state index is 0.0936. The summed E-state index contributed by atoms with van der Waals surface area (Å²) >= 11 is 3.20. The predicted molar refractivity (Wildman–Crippen MR) is 72.6 cm³/mol. The Morgan fingerprint density at radius 3 is 2.67 bits per heavy atom. The molecule has 18 heavy (non-hydrogen) atoms. The maximum absolute atomic E-state index is 11.6. The number of carboxylic acid groups (broad SMARTS) is 1. The summed E-state index contributed by atoms with van der Waals surface area (Å²) in [6, 6.07) is 4.54. The molecule has 0 aliphatic carbocycles. The number of amides is 1. The molecular weight excluding hydrogens is 300 g/mol. The van der Waals surface area contributed by atoms with Gasteiger partial charge in [-0.2, -0.15) is 0 Å². The van der Waals surface area contributed by atoms with Crippen LogP contribution in [-0.4, -0.2) is 23.5 Å². The highest BCUT2D eigenvalue weighted by atomic mass is 79.9. The SMILES string of the molecule is CC(CN)CC(=O)Nc1cc(Br)cc(C(=O)O)c1. The molecule has 1 atom stereocenters. The third-order valence-electron chi connectivity index (χ3n) is 2.36. The Balaban J connectivity index is 2.78. The molecule has 1 unspecified atom stereocenters. The average Bonchev–Trinajstić information content (AvgIpc) is 2.27. The van der Waals surface area contributed by atoms with E-state index in [-0.39, 0.29) is 17.4 Å². The molecule has 98 valence electrons. The average molecular weight is 315 g/mol. The molecule has 1 rings (SSSR count). The first-order valence-electron chi connectivity index (χ1n) is 5.46. The lowest BCUT2D eigenvalue weighted by Crippen LogP contribution is -2.20. The zero-order valence-corrected chi connectivity index (χ0v) is 11.5. The molecule has 0 saturated carbocycles. The van der Waals surface area contributed by atoms with Gasteiger partial charge in [-0.1, -0.05) is 22.9 Å². The zero-order chi connectivity index (χ0) is 13.7. The summed E-state index contributed by atoms with van der Waals surface area (Å²) in [7, 11) is 0. The standard InChI is InChI=1S/C12H15BrN2O3/c1-7(6-14)2-11(16)15-10-4-8(12(17)18)3-9(13)5-10/h3-5,7H,2,6,14H2,1H3,(H,15,16)(H,17,18). The van der Waals surface area contributed by atoms with Crippen molar-refractivity contribution in [2.24, 2.45) is 11.7 Å². The lowest BCUT2D eigenvalue weighted by atomic mass is 10.1. The van der Waals surface area contributed by atoms with E-state index in [4.69, 9.17) is 10.8 Å². The molecule has 0 bridgehead atoms. The number of benzene rings is 1. The van der Waals surface area contributed by atoms with E-state index < -0.39 is 5.97 Å². The fourth-order valence-electron chi connectivity index (χ4n) is 1.40. The monoisotopic (exact) mass is 314 g/mol. The highest BCUT2D eigenvalue weighted by molar-refractivity contribution is 9.10. The van der Waals surface area contributed by atoms with Crippen molar-refractivity contribution in [2.45, 2.75) is 13.3 Å². The van der Waals surface area contributed by atoms with Crippen molar-refractivity contribution in [3.63, 3.8) is 0 Å². The van der Waals surface area contributed by atoms with Gasteiger partial charge in [0.1, 0.15) is 0 Å². The highest BCUT2D eigenvalue weighted by Crippen LogP contribution is 2.20. The van der Waals surface area contributed by atoms with Gasteiger partial charge >= 0.3 is 5.97 Å². The van der Waals surface area contributed by atoms with E-state index in [9.17, 15) is 9.59 Å². The third kappa shape index (κ3) is 4.46. The van der Waals surface area contributed by atoms with Crippen molar-refractivity contribution >= 4 is 33.5 Å². The molecule has 0 aliphatic rings. The van der Waals surface area contributed by atoms with Gasteiger partial charge in [-0.25, -0.2) is 4.79 Å². The second-order valence-corrected chi connectivity index (χ2v) is 5.04. The highest BCUT2D eigenvalue weighted by Gasteiger charge is 2.10. The van der Waals surface area contributed by atoms with E-state index in [1.165, 1.54) is 12.1 Å². The van der Waals surface area contributed by atoms with Gasteiger partial charge in [0.25, 0.3) is 0 Å². The number of anilines is 1. The van der Waals surface area contributed by atoms with Crippen LogP contribution in [0.15, 0.2) is 22.7 Å². The number of nitrogens with two attached hydrogens (primary N) is 1. The van der Waals surface area contributed by atoms with Gasteiger partial charge in [-0.15, -0.1) is 0 Å². The minimum Gasteiger partial charge on any atom is -0.478 e. The maximum Gasteiger partial charge on any atom is 0.335 e. The Hall–Kier alpha value is -1.40. The van der Waals surface area contributed by atoms with Crippen LogP contribution in [0.2, 0.25) is 0 Å². The van der Waals surface area contributed by atoms with Crippen molar-refractivity contribution in [3.05, 3.63) is 28.2 Å². The molecule has 0 fully saturated rings. The molecule has 0 spiro atoms. The van der Waals surface area contributed by atoms with E-state index in [0.717, 1.165) is 0 Å². The van der Waals surface area contributed by atoms with Crippen molar-refractivity contribution < 1.29 is 14.7 Å². The van der Waals surface area contributed by atoms with E-state index in [1.54, 1.807) is 6.07 Å². The lowest BCUT2D eigenvalue weighted by molar-refractivity contribution is -0.116. The zero-order valence-electron chi connectivity index (χ0n) is 9.94. The lowest BCUT2D eigenvalue weighted by Gasteiger charge is -2.10. The van der Waals surface area contributed by atoms with Gasteiger partial charge < -0.3 is 16.2 Å². The molecule has 1 aromatic rings. The summed E-state index contributed by atoms with van der Waals surface area (Å²) in [5, 5.41) is 11.6. The third-order valence-corrected chi connectivity index (χ3v) is 2.82. The van der Waals surface area contributed by atoms with Crippen LogP contribution in [-0.2, 0) is 4.79 Å². The molecule has 0 aliphatic heterocycles. The number of hydrogen-bond donors (Lipinski definition) is 3. The smallest absolute Gasteiger partial charge is 0.335 e. The molecule has 0 radical (unpaired) electrons. The Morgan fingerprint density at radius 1 is 1.44 bits per heavy atom. The van der Waals surface area contributed by atoms with Gasteiger partial charge in [-0.05, 0) is 30.7 Å². The van der Waals surface area contributed by atoms with Crippen molar-refractivity contribution in [2.75, 3.05) is 11.9 Å². The van der Waals surface area contributed by atoms with Crippen LogP contribution in [0.5, 0.6) is 0 Å². The normalized spacial score (nSPS) is 11.9. The number of aromatic carboxylic acids is 1. The van der Waals surface area contributed by atoms with Crippen LogP contribution in [0.1, 0.15) is 23.7 Å². The quantitative estimate of drug-likeness (QED) is 0.775. The summed E-state index contributed by atoms with van der Waals surface area (Å²) in [4.78, 5) is 22.5. The van der Waals surface area contributed by atoms with E-state index in [0.29, 0.717) is 23.1 Å². The summed E-state index contributed by atoms with van der Waals surface area (Å²) in [6.07, 6.45) is 0.311. The Labute approximate surface area is 113 Å². The fraction of sp³-hybridized carbons (Fsp3) is 0.333. The number of halogens is 1. The first-order chi connectivity index (χ1) is 8.42. The van der Waals surface area contributed by atoms with Gasteiger partial charge in [0, 0.05) is 16.6 Å². The molecule has 4 N–H and O–H groups in total. The molecule has 1 aromatic carbocycles. The van der Waals surface area contributed by atoms with Crippen molar-refractivity contribution in [1.82, 2.24) is 0 Å². The molecule has 5 nitrogen and oxygen atoms in total. The summed E-state index contributed by atoms with van der Waals surface area (Å²) in [6.45, 7) is 2.31. The predicted octanol–water partition coefficient (Wildman–Crippen LogP) is 2.07. The van der Waals surface area contributed by atoms with Crippen LogP contribution < -0.4 is 11.1 Å². The Bertz CT molecular complexity index is 463. The molecule has 0 aromatic heterocycles. The van der Waals surface area contributed by atoms with Gasteiger partial charge in [-0.3, -0.25) is 4.79 Å². The number of hydrogen-bond acceptors (Lipinski definition) is 3. The molecule has 1 amide bonds. The number of carboxylic acids is 1. The van der Waals surface area contributed by atoms with Crippen molar-refractivity contribution in [3.8, 4) is 0 Å². The van der Waals surface area contributed by atoms with E-state index in [2.05, 4.69) is 21.2 Å². The molecule has 0 heterocycles. The summed E-state index contributed by atoms with van der Waals surface area (Å²) < 4.78 is 0.601.